The maximum Gasteiger partial charge on any atom is 0.136 e. The van der Waals surface area contributed by atoms with Gasteiger partial charge in [-0.1, -0.05) is 59.5 Å². The van der Waals surface area contributed by atoms with E-state index in [9.17, 15) is 15.1 Å². The summed E-state index contributed by atoms with van der Waals surface area (Å²) in [5.41, 5.74) is -0.787. The molecule has 188 valence electrons. The van der Waals surface area contributed by atoms with Gasteiger partial charge in [0.15, 0.2) is 0 Å². The van der Waals surface area contributed by atoms with Gasteiger partial charge in [-0.05, 0) is 91.8 Å². The Morgan fingerprint density at radius 3 is 2.42 bits per heavy atom. The summed E-state index contributed by atoms with van der Waals surface area (Å²) in [4.78, 5) is 12.3. The Morgan fingerprint density at radius 2 is 1.79 bits per heavy atom. The minimum atomic E-state index is -1.26. The zero-order valence-electron chi connectivity index (χ0n) is 22.1. The predicted octanol–water partition coefficient (Wildman–Crippen LogP) is 6.87. The summed E-state index contributed by atoms with van der Waals surface area (Å²) in [5, 5.41) is 25.3. The lowest BCUT2D eigenvalue weighted by atomic mass is 9.42. The second-order valence-corrected chi connectivity index (χ2v) is 13.3. The molecule has 4 saturated carbocycles. The van der Waals surface area contributed by atoms with Crippen LogP contribution >= 0.6 is 0 Å². The van der Waals surface area contributed by atoms with E-state index in [0.717, 1.165) is 36.5 Å². The number of carbonyl (C=O) groups is 1. The van der Waals surface area contributed by atoms with Gasteiger partial charge in [0, 0.05) is 18.3 Å². The number of nitrogens with zero attached hydrogens (tertiary/aromatic N) is 1. The molecule has 4 heteroatoms. The first-order valence-corrected chi connectivity index (χ1v) is 14.0. The van der Waals surface area contributed by atoms with E-state index in [1.165, 1.54) is 38.5 Å². The molecule has 4 aliphatic rings. The third kappa shape index (κ3) is 3.81. The van der Waals surface area contributed by atoms with Gasteiger partial charge in [-0.25, -0.2) is 0 Å². The van der Waals surface area contributed by atoms with Crippen LogP contribution in [0.5, 0.6) is 0 Å². The van der Waals surface area contributed by atoms with E-state index < -0.39 is 5.60 Å². The highest BCUT2D eigenvalue weighted by Gasteiger charge is 2.67. The quantitative estimate of drug-likeness (QED) is 0.336. The van der Waals surface area contributed by atoms with Gasteiger partial charge >= 0.3 is 0 Å². The molecule has 0 unspecified atom stereocenters. The predicted molar refractivity (Wildman–Crippen MR) is 133 cm³/mol. The number of hydrogen-bond acceptors (Lipinski definition) is 4. The number of ketones is 1. The van der Waals surface area contributed by atoms with Crippen LogP contribution in [-0.2, 0) is 4.79 Å². The minimum Gasteiger partial charge on any atom is -0.411 e. The summed E-state index contributed by atoms with van der Waals surface area (Å²) in [6, 6.07) is 0. The molecule has 4 aliphatic carbocycles. The molecule has 4 fully saturated rings. The average molecular weight is 460 g/mol. The minimum absolute atomic E-state index is 0.108. The van der Waals surface area contributed by atoms with Crippen LogP contribution in [-0.4, -0.2) is 27.4 Å². The highest BCUT2D eigenvalue weighted by atomic mass is 16.4. The largest absolute Gasteiger partial charge is 0.411 e. The van der Waals surface area contributed by atoms with Crippen LogP contribution in [0, 0.1) is 52.3 Å². The van der Waals surface area contributed by atoms with E-state index in [1.54, 1.807) is 0 Å². The zero-order chi connectivity index (χ0) is 24.2. The van der Waals surface area contributed by atoms with Gasteiger partial charge < -0.3 is 10.3 Å². The van der Waals surface area contributed by atoms with Crippen molar-refractivity contribution in [3.05, 3.63) is 0 Å². The summed E-state index contributed by atoms with van der Waals surface area (Å²) in [7, 11) is 0. The molecular formula is C29H49NO3. The molecule has 33 heavy (non-hydrogen) atoms. The fraction of sp³-hybridized carbons (Fsp3) is 0.931. The molecule has 0 spiro atoms. The summed E-state index contributed by atoms with van der Waals surface area (Å²) in [5.74, 6) is 4.74. The smallest absolute Gasteiger partial charge is 0.136 e. The van der Waals surface area contributed by atoms with E-state index in [-0.39, 0.29) is 17.6 Å². The number of rotatable bonds is 6. The first kappa shape index (κ1) is 25.2. The van der Waals surface area contributed by atoms with Gasteiger partial charge in [-0.3, -0.25) is 4.79 Å². The van der Waals surface area contributed by atoms with Crippen molar-refractivity contribution in [2.75, 3.05) is 0 Å². The number of hydrogen-bond donors (Lipinski definition) is 2. The van der Waals surface area contributed by atoms with E-state index in [4.69, 9.17) is 0 Å². The van der Waals surface area contributed by atoms with Crippen molar-refractivity contribution in [1.29, 1.82) is 0 Å². The lowest BCUT2D eigenvalue weighted by Gasteiger charge is -2.63. The molecule has 4 rings (SSSR count). The van der Waals surface area contributed by atoms with Gasteiger partial charge in [-0.2, -0.15) is 0 Å². The molecular weight excluding hydrogens is 410 g/mol. The van der Waals surface area contributed by atoms with Crippen molar-refractivity contribution in [3.63, 3.8) is 0 Å². The average Bonchev–Trinajstić information content (AvgIpc) is 3.11. The molecule has 0 bridgehead atoms. The Kier molecular flexibility index (Phi) is 6.84. The van der Waals surface area contributed by atoms with Crippen molar-refractivity contribution in [1.82, 2.24) is 0 Å². The molecule has 0 aliphatic heterocycles. The second kappa shape index (κ2) is 8.95. The molecule has 0 aromatic carbocycles. The van der Waals surface area contributed by atoms with Crippen LogP contribution in [0.25, 0.3) is 0 Å². The van der Waals surface area contributed by atoms with Crippen LogP contribution in [0.2, 0.25) is 0 Å². The number of Topliss-reactive ketones (excluding diaryl/α,β-unsaturated/α-hetero) is 1. The van der Waals surface area contributed by atoms with Crippen molar-refractivity contribution in [3.8, 4) is 0 Å². The van der Waals surface area contributed by atoms with Crippen molar-refractivity contribution in [2.24, 2.45) is 57.4 Å². The van der Waals surface area contributed by atoms with Gasteiger partial charge in [0.1, 0.15) is 11.4 Å². The summed E-state index contributed by atoms with van der Waals surface area (Å²) < 4.78 is 0. The SMILES string of the molecule is CC[C@H](CC[C@@H](C)[C@H]1CC[C@H]2[C@@H]3C/C(=N/O)[C@@]4(O)CC(=O)CC[C@]4(C)[C@H]3CC[C@]12C)C(C)C. The Morgan fingerprint density at radius 1 is 1.06 bits per heavy atom. The molecule has 0 amide bonds. The van der Waals surface area contributed by atoms with E-state index >= 15 is 0 Å². The van der Waals surface area contributed by atoms with Crippen LogP contribution in [0.1, 0.15) is 112 Å². The van der Waals surface area contributed by atoms with Gasteiger partial charge in [0.05, 0.1) is 5.71 Å². The third-order valence-electron chi connectivity index (χ3n) is 11.8. The van der Waals surface area contributed by atoms with Crippen molar-refractivity contribution in [2.45, 2.75) is 118 Å². The Hall–Kier alpha value is -0.900. The topological polar surface area (TPSA) is 69.9 Å². The summed E-state index contributed by atoms with van der Waals surface area (Å²) >= 11 is 0. The molecule has 0 heterocycles. The Labute approximate surface area is 202 Å². The normalized spacial score (nSPS) is 46.1. The highest BCUT2D eigenvalue weighted by Crippen LogP contribution is 2.68. The molecule has 4 nitrogen and oxygen atoms in total. The molecule has 0 aromatic rings. The Balaban J connectivity index is 1.55. The fourth-order valence-corrected chi connectivity index (χ4v) is 9.65. The maximum absolute atomic E-state index is 12.3. The first-order chi connectivity index (χ1) is 15.5. The van der Waals surface area contributed by atoms with Gasteiger partial charge in [-0.15, -0.1) is 0 Å². The van der Waals surface area contributed by atoms with Crippen molar-refractivity contribution < 1.29 is 15.1 Å². The number of carbonyl (C=O) groups excluding carboxylic acids is 1. The molecule has 2 N–H and O–H groups in total. The van der Waals surface area contributed by atoms with Gasteiger partial charge in [0.25, 0.3) is 0 Å². The van der Waals surface area contributed by atoms with E-state index in [2.05, 4.69) is 46.7 Å². The van der Waals surface area contributed by atoms with Crippen LogP contribution in [0.4, 0.5) is 0 Å². The summed E-state index contributed by atoms with van der Waals surface area (Å²) in [6.07, 6.45) is 11.0. The third-order valence-corrected chi connectivity index (χ3v) is 11.8. The lowest BCUT2D eigenvalue weighted by Crippen LogP contribution is -2.66. The number of fused-ring (bicyclic) bond motifs is 5. The van der Waals surface area contributed by atoms with Crippen molar-refractivity contribution >= 4 is 11.5 Å². The van der Waals surface area contributed by atoms with Crippen LogP contribution in [0.3, 0.4) is 0 Å². The molecule has 9 atom stereocenters. The highest BCUT2D eigenvalue weighted by molar-refractivity contribution is 5.99. The maximum atomic E-state index is 12.3. The fourth-order valence-electron chi connectivity index (χ4n) is 9.65. The first-order valence-electron chi connectivity index (χ1n) is 14.0. The molecule has 0 radical (unpaired) electrons. The van der Waals surface area contributed by atoms with Gasteiger partial charge in [0.2, 0.25) is 0 Å². The second-order valence-electron chi connectivity index (χ2n) is 13.3. The van der Waals surface area contributed by atoms with E-state index in [0.29, 0.717) is 41.7 Å². The number of aliphatic hydroxyl groups is 1. The standard InChI is InChI=1S/C29H49NO3/c1-7-20(18(2)3)9-8-19(4)23-10-11-24-22-16-26(30-33)29(32)17-21(31)12-15-28(29,6)25(22)13-14-27(23,24)5/h18-20,22-25,32-33H,7-17H2,1-6H3/b30-26-/t19-,20-,22+,23-,24+,25+,27-,28-,29+/m1/s1. The zero-order valence-corrected chi connectivity index (χ0v) is 22.1. The van der Waals surface area contributed by atoms with Crippen LogP contribution in [0.15, 0.2) is 5.16 Å². The van der Waals surface area contributed by atoms with E-state index in [1.807, 2.05) is 0 Å². The Bertz CT molecular complexity index is 777. The molecule has 0 aromatic heterocycles. The number of oxime groups is 1. The molecule has 0 saturated heterocycles. The monoisotopic (exact) mass is 459 g/mol. The van der Waals surface area contributed by atoms with Crippen LogP contribution < -0.4 is 0 Å². The lowest BCUT2D eigenvalue weighted by molar-refractivity contribution is -0.163. The summed E-state index contributed by atoms with van der Waals surface area (Å²) in [6.45, 7) is 14.3.